The molecule has 4 aliphatic carbocycles. The van der Waals surface area contributed by atoms with Crippen molar-refractivity contribution in [1.82, 2.24) is 4.90 Å². The predicted octanol–water partition coefficient (Wildman–Crippen LogP) is 4.71. The molecular weight excluding hydrogens is 426 g/mol. The van der Waals surface area contributed by atoms with Crippen molar-refractivity contribution in [3.63, 3.8) is 0 Å². The van der Waals surface area contributed by atoms with Gasteiger partial charge < -0.3 is 14.6 Å². The first kappa shape index (κ1) is 23.2. The maximum atomic E-state index is 12.4. The zero-order valence-electron chi connectivity index (χ0n) is 21.0. The van der Waals surface area contributed by atoms with Crippen LogP contribution in [-0.4, -0.2) is 45.9 Å². The number of hydrogen-bond donors (Lipinski definition) is 2. The number of nitrogens with zero attached hydrogens (tertiary/aromatic N) is 1. The number of aliphatic hydroxyl groups excluding tert-OH is 1. The van der Waals surface area contributed by atoms with E-state index in [1.807, 2.05) is 6.07 Å². The smallest absolute Gasteiger partial charge is 0.335 e. The van der Waals surface area contributed by atoms with Gasteiger partial charge in [-0.2, -0.15) is 0 Å². The molecule has 1 aliphatic heterocycles. The van der Waals surface area contributed by atoms with Gasteiger partial charge in [0, 0.05) is 23.6 Å². The molecule has 34 heavy (non-hydrogen) atoms. The van der Waals surface area contributed by atoms with E-state index in [2.05, 4.69) is 18.7 Å². The Labute approximate surface area is 203 Å². The highest BCUT2D eigenvalue weighted by Gasteiger charge is 2.67. The minimum absolute atomic E-state index is 0.154. The lowest BCUT2D eigenvalue weighted by molar-refractivity contribution is -0.204. The van der Waals surface area contributed by atoms with Crippen molar-refractivity contribution in [2.24, 2.45) is 28.6 Å². The summed E-state index contributed by atoms with van der Waals surface area (Å²) in [6.07, 6.45) is 14.3. The van der Waals surface area contributed by atoms with Crippen LogP contribution in [0.25, 0.3) is 0 Å². The maximum Gasteiger partial charge on any atom is 0.335 e. The van der Waals surface area contributed by atoms with Crippen LogP contribution in [0.2, 0.25) is 0 Å². The number of hydrogen-bond acceptors (Lipinski definition) is 5. The zero-order valence-corrected chi connectivity index (χ0v) is 21.0. The van der Waals surface area contributed by atoms with Gasteiger partial charge in [0.25, 0.3) is 0 Å². The van der Waals surface area contributed by atoms with Gasteiger partial charge in [-0.1, -0.05) is 13.8 Å². The largest absolute Gasteiger partial charge is 0.431 e. The molecule has 1 aromatic rings. The summed E-state index contributed by atoms with van der Waals surface area (Å²) in [6, 6.07) is 4.47. The second kappa shape index (κ2) is 8.18. The highest BCUT2D eigenvalue weighted by atomic mass is 16.4. The Morgan fingerprint density at radius 2 is 1.88 bits per heavy atom. The average Bonchev–Trinajstić information content (AvgIpc) is 3.41. The fourth-order valence-electron chi connectivity index (χ4n) is 10.1. The third-order valence-corrected chi connectivity index (χ3v) is 12.1. The van der Waals surface area contributed by atoms with E-state index in [1.165, 1.54) is 44.6 Å². The molecule has 5 heteroatoms. The number of fused-ring (bicyclic) bond motifs is 5. The summed E-state index contributed by atoms with van der Waals surface area (Å²) in [5.74, 6) is 1.97. The first-order chi connectivity index (χ1) is 16.3. The summed E-state index contributed by atoms with van der Waals surface area (Å²) in [7, 11) is 0. The molecule has 2 N–H and O–H groups in total. The summed E-state index contributed by atoms with van der Waals surface area (Å²) in [6.45, 7) is 6.34. The van der Waals surface area contributed by atoms with Crippen molar-refractivity contribution in [2.45, 2.75) is 108 Å². The second-order valence-electron chi connectivity index (χ2n) is 13.0. The van der Waals surface area contributed by atoms with Gasteiger partial charge >= 0.3 is 5.63 Å². The molecule has 0 aromatic carbocycles. The number of likely N-dealkylation sites (tertiary alicyclic amines) is 1. The van der Waals surface area contributed by atoms with Gasteiger partial charge in [0.15, 0.2) is 0 Å². The summed E-state index contributed by atoms with van der Waals surface area (Å²) in [5.41, 5.74) is 0.326. The van der Waals surface area contributed by atoms with E-state index in [0.29, 0.717) is 35.9 Å². The molecule has 1 saturated heterocycles. The van der Waals surface area contributed by atoms with Crippen LogP contribution in [0, 0.1) is 28.6 Å². The third kappa shape index (κ3) is 3.18. The van der Waals surface area contributed by atoms with Gasteiger partial charge in [0.05, 0.1) is 18.5 Å². The van der Waals surface area contributed by atoms with Crippen LogP contribution in [0.5, 0.6) is 0 Å². The monoisotopic (exact) mass is 469 g/mol. The highest BCUT2D eigenvalue weighted by molar-refractivity contribution is 5.27. The molecule has 5 fully saturated rings. The minimum atomic E-state index is -0.627. The van der Waals surface area contributed by atoms with Gasteiger partial charge in [-0.25, -0.2) is 4.79 Å². The standard InChI is InChI=1S/C29H43NO4/c1-27-12-9-21(30-15-3-4-22(30)17-31)16-20(27)6-7-25-24(27)10-13-28(2)23(11-14-29(25,28)33)19-5-8-26(32)34-18-19/h5,8,18,20-25,31,33H,3-4,6-7,9-17H2,1-2H3/t20-,21+,22-,23-,24+,25-,27+,28-,29+/m1/s1. The molecule has 6 rings (SSSR count). The average molecular weight is 470 g/mol. The summed E-state index contributed by atoms with van der Waals surface area (Å²) >= 11 is 0. The van der Waals surface area contributed by atoms with E-state index < -0.39 is 5.60 Å². The molecule has 5 nitrogen and oxygen atoms in total. The molecule has 0 amide bonds. The molecule has 1 aromatic heterocycles. The van der Waals surface area contributed by atoms with E-state index in [-0.39, 0.29) is 17.0 Å². The van der Waals surface area contributed by atoms with E-state index in [9.17, 15) is 15.0 Å². The van der Waals surface area contributed by atoms with Crippen molar-refractivity contribution in [3.05, 3.63) is 34.4 Å². The SMILES string of the molecule is C[C@]12CC[C@H](N3CCC[C@@H]3CO)C[C@H]1CC[C@@H]1[C@@H]2CC[C@]2(C)[C@@H](c3ccc(=O)oc3)CC[C@]12O. The Hall–Kier alpha value is -1.17. The summed E-state index contributed by atoms with van der Waals surface area (Å²) < 4.78 is 5.23. The van der Waals surface area contributed by atoms with E-state index in [4.69, 9.17) is 4.42 Å². The maximum absolute atomic E-state index is 12.4. The topological polar surface area (TPSA) is 73.9 Å². The Morgan fingerprint density at radius 1 is 1.03 bits per heavy atom. The van der Waals surface area contributed by atoms with E-state index in [0.717, 1.165) is 50.1 Å². The fraction of sp³-hybridized carbons (Fsp3) is 0.828. The van der Waals surface area contributed by atoms with Crippen LogP contribution < -0.4 is 5.63 Å². The first-order valence-electron chi connectivity index (χ1n) is 14.0. The van der Waals surface area contributed by atoms with Crippen molar-refractivity contribution >= 4 is 0 Å². The first-order valence-corrected chi connectivity index (χ1v) is 14.0. The van der Waals surface area contributed by atoms with Gasteiger partial charge in [-0.3, -0.25) is 4.90 Å². The van der Waals surface area contributed by atoms with Crippen molar-refractivity contribution in [2.75, 3.05) is 13.2 Å². The molecule has 4 saturated carbocycles. The molecule has 0 bridgehead atoms. The molecule has 188 valence electrons. The summed E-state index contributed by atoms with van der Waals surface area (Å²) in [5, 5.41) is 22.3. The molecule has 5 aliphatic rings. The fourth-order valence-corrected chi connectivity index (χ4v) is 10.1. The molecule has 0 unspecified atom stereocenters. The molecule has 9 atom stereocenters. The van der Waals surface area contributed by atoms with Gasteiger partial charge in [-0.15, -0.1) is 0 Å². The third-order valence-electron chi connectivity index (χ3n) is 12.1. The van der Waals surface area contributed by atoms with Gasteiger partial charge in [0.1, 0.15) is 0 Å². The molecule has 0 radical (unpaired) electrons. The zero-order chi connectivity index (χ0) is 23.7. The van der Waals surface area contributed by atoms with Crippen molar-refractivity contribution < 1.29 is 14.6 Å². The molecule has 0 spiro atoms. The van der Waals surface area contributed by atoms with Crippen LogP contribution >= 0.6 is 0 Å². The lowest BCUT2D eigenvalue weighted by atomic mass is 9.43. The quantitative estimate of drug-likeness (QED) is 0.671. The van der Waals surface area contributed by atoms with Crippen LogP contribution in [-0.2, 0) is 0 Å². The minimum Gasteiger partial charge on any atom is -0.431 e. The van der Waals surface area contributed by atoms with Gasteiger partial charge in [0.2, 0.25) is 0 Å². The van der Waals surface area contributed by atoms with Crippen molar-refractivity contribution in [1.29, 1.82) is 0 Å². The van der Waals surface area contributed by atoms with Crippen LogP contribution in [0.15, 0.2) is 27.6 Å². The normalized spacial score (nSPS) is 48.8. The number of aliphatic hydroxyl groups is 2. The lowest BCUT2D eigenvalue weighted by Crippen LogP contribution is -2.62. The lowest BCUT2D eigenvalue weighted by Gasteiger charge is -2.64. The van der Waals surface area contributed by atoms with Crippen LogP contribution in [0.4, 0.5) is 0 Å². The number of rotatable bonds is 3. The van der Waals surface area contributed by atoms with Gasteiger partial charge in [-0.05, 0) is 118 Å². The second-order valence-corrected chi connectivity index (χ2v) is 13.0. The van der Waals surface area contributed by atoms with E-state index >= 15 is 0 Å². The summed E-state index contributed by atoms with van der Waals surface area (Å²) in [4.78, 5) is 14.2. The molecular formula is C29H43NO4. The Bertz CT molecular complexity index is 957. The highest BCUT2D eigenvalue weighted by Crippen LogP contribution is 2.70. The predicted molar refractivity (Wildman–Crippen MR) is 132 cm³/mol. The molecule has 2 heterocycles. The van der Waals surface area contributed by atoms with Crippen molar-refractivity contribution in [3.8, 4) is 0 Å². The Morgan fingerprint density at radius 3 is 2.65 bits per heavy atom. The van der Waals surface area contributed by atoms with Crippen LogP contribution in [0.1, 0.15) is 96.0 Å². The van der Waals surface area contributed by atoms with Crippen LogP contribution in [0.3, 0.4) is 0 Å². The Balaban J connectivity index is 1.24. The Kier molecular flexibility index (Phi) is 5.59. The van der Waals surface area contributed by atoms with E-state index in [1.54, 1.807) is 6.26 Å².